The van der Waals surface area contributed by atoms with Gasteiger partial charge in [0, 0.05) is 29.8 Å². The van der Waals surface area contributed by atoms with E-state index in [0.717, 1.165) is 0 Å². The summed E-state index contributed by atoms with van der Waals surface area (Å²) in [6, 6.07) is 12.6. The molecule has 4 nitrogen and oxygen atoms in total. The molecule has 1 aromatic carbocycles. The molecule has 0 saturated heterocycles. The SMILES string of the molecule is O=C(c1ccncc1)c1cccnc1Nc1cccc(F)c1. The molecule has 0 fully saturated rings. The second kappa shape index (κ2) is 6.13. The number of hydrogen-bond donors (Lipinski definition) is 1. The first-order valence-corrected chi connectivity index (χ1v) is 6.66. The van der Waals surface area contributed by atoms with E-state index < -0.39 is 0 Å². The lowest BCUT2D eigenvalue weighted by molar-refractivity contribution is 0.103. The summed E-state index contributed by atoms with van der Waals surface area (Å²) in [5, 5.41) is 2.98. The van der Waals surface area contributed by atoms with Gasteiger partial charge in [0.25, 0.3) is 0 Å². The van der Waals surface area contributed by atoms with Gasteiger partial charge in [-0.3, -0.25) is 9.78 Å². The molecule has 3 aromatic rings. The van der Waals surface area contributed by atoms with Gasteiger partial charge in [-0.05, 0) is 42.5 Å². The summed E-state index contributed by atoms with van der Waals surface area (Å²) in [6.45, 7) is 0. The number of benzene rings is 1. The van der Waals surface area contributed by atoms with Crippen molar-refractivity contribution in [3.05, 3.63) is 84.1 Å². The van der Waals surface area contributed by atoms with Crippen molar-refractivity contribution in [1.29, 1.82) is 0 Å². The van der Waals surface area contributed by atoms with Gasteiger partial charge in [0.1, 0.15) is 11.6 Å². The monoisotopic (exact) mass is 293 g/mol. The maximum atomic E-state index is 13.3. The highest BCUT2D eigenvalue weighted by Crippen LogP contribution is 2.21. The van der Waals surface area contributed by atoms with Crippen LogP contribution in [-0.2, 0) is 0 Å². The number of ketones is 1. The number of aromatic nitrogens is 2. The lowest BCUT2D eigenvalue weighted by atomic mass is 10.1. The second-order valence-electron chi connectivity index (χ2n) is 4.60. The minimum absolute atomic E-state index is 0.172. The molecule has 2 heterocycles. The number of anilines is 2. The third-order valence-corrected chi connectivity index (χ3v) is 3.08. The minimum atomic E-state index is -0.358. The molecule has 3 rings (SSSR count). The van der Waals surface area contributed by atoms with E-state index >= 15 is 0 Å². The van der Waals surface area contributed by atoms with Crippen LogP contribution in [0, 0.1) is 5.82 Å². The third kappa shape index (κ3) is 2.98. The molecule has 0 aliphatic rings. The molecule has 0 saturated carbocycles. The quantitative estimate of drug-likeness (QED) is 0.747. The molecule has 0 bridgehead atoms. The first-order valence-electron chi connectivity index (χ1n) is 6.66. The van der Waals surface area contributed by atoms with Crippen LogP contribution in [0.5, 0.6) is 0 Å². The van der Waals surface area contributed by atoms with Crippen molar-refractivity contribution in [2.45, 2.75) is 0 Å². The molecule has 0 atom stereocenters. The first-order chi connectivity index (χ1) is 10.7. The van der Waals surface area contributed by atoms with Gasteiger partial charge in [0.15, 0.2) is 5.78 Å². The predicted octanol–water partition coefficient (Wildman–Crippen LogP) is 3.59. The molecule has 22 heavy (non-hydrogen) atoms. The van der Waals surface area contributed by atoms with Gasteiger partial charge in [-0.25, -0.2) is 9.37 Å². The van der Waals surface area contributed by atoms with E-state index in [2.05, 4.69) is 15.3 Å². The van der Waals surface area contributed by atoms with Gasteiger partial charge in [0.2, 0.25) is 0 Å². The summed E-state index contributed by atoms with van der Waals surface area (Å²) in [6.07, 6.45) is 4.69. The van der Waals surface area contributed by atoms with Gasteiger partial charge in [-0.1, -0.05) is 6.07 Å². The number of hydrogen-bond acceptors (Lipinski definition) is 4. The smallest absolute Gasteiger partial charge is 0.196 e. The summed E-state index contributed by atoms with van der Waals surface area (Å²) in [5.41, 5.74) is 1.46. The number of nitrogens with one attached hydrogen (secondary N) is 1. The van der Waals surface area contributed by atoms with Gasteiger partial charge in [0.05, 0.1) is 5.56 Å². The summed E-state index contributed by atoms with van der Waals surface area (Å²) >= 11 is 0. The largest absolute Gasteiger partial charge is 0.340 e. The molecule has 0 amide bonds. The lowest BCUT2D eigenvalue weighted by Gasteiger charge is -2.10. The molecule has 0 spiro atoms. The second-order valence-corrected chi connectivity index (χ2v) is 4.60. The van der Waals surface area contributed by atoms with Crippen LogP contribution < -0.4 is 5.32 Å². The molecule has 0 aliphatic carbocycles. The standard InChI is InChI=1S/C17H12FN3O/c18-13-3-1-4-14(11-13)21-17-15(5-2-8-20-17)16(22)12-6-9-19-10-7-12/h1-11H,(H,20,21). The number of pyridine rings is 2. The zero-order chi connectivity index (χ0) is 15.4. The van der Waals surface area contributed by atoms with Gasteiger partial charge in [-0.2, -0.15) is 0 Å². The lowest BCUT2D eigenvalue weighted by Crippen LogP contribution is -2.07. The Balaban J connectivity index is 1.95. The van der Waals surface area contributed by atoms with Crippen LogP contribution in [0.2, 0.25) is 0 Å². The summed E-state index contributed by atoms with van der Waals surface area (Å²) in [7, 11) is 0. The number of nitrogens with zero attached hydrogens (tertiary/aromatic N) is 2. The molecule has 108 valence electrons. The van der Waals surface area contributed by atoms with Crippen LogP contribution in [0.4, 0.5) is 15.9 Å². The van der Waals surface area contributed by atoms with Gasteiger partial charge < -0.3 is 5.32 Å². The van der Waals surface area contributed by atoms with Crippen LogP contribution in [0.25, 0.3) is 0 Å². The van der Waals surface area contributed by atoms with Crippen LogP contribution >= 0.6 is 0 Å². The highest BCUT2D eigenvalue weighted by molar-refractivity contribution is 6.12. The van der Waals surface area contributed by atoms with Crippen molar-refractivity contribution in [2.75, 3.05) is 5.32 Å². The van der Waals surface area contributed by atoms with Crippen molar-refractivity contribution in [2.24, 2.45) is 0 Å². The van der Waals surface area contributed by atoms with E-state index in [4.69, 9.17) is 0 Å². The van der Waals surface area contributed by atoms with E-state index in [1.54, 1.807) is 55.0 Å². The zero-order valence-corrected chi connectivity index (χ0v) is 11.5. The van der Waals surface area contributed by atoms with Gasteiger partial charge >= 0.3 is 0 Å². The number of carbonyl (C=O) groups is 1. The molecule has 0 radical (unpaired) electrons. The molecule has 5 heteroatoms. The Hall–Kier alpha value is -3.08. The average Bonchev–Trinajstić information content (AvgIpc) is 2.56. The van der Waals surface area contributed by atoms with Crippen molar-refractivity contribution < 1.29 is 9.18 Å². The van der Waals surface area contributed by atoms with E-state index in [1.165, 1.54) is 12.1 Å². The molecule has 0 unspecified atom stereocenters. The maximum absolute atomic E-state index is 13.3. The van der Waals surface area contributed by atoms with Gasteiger partial charge in [-0.15, -0.1) is 0 Å². The average molecular weight is 293 g/mol. The van der Waals surface area contributed by atoms with Crippen LogP contribution in [-0.4, -0.2) is 15.8 Å². The number of halogens is 1. The van der Waals surface area contributed by atoms with E-state index in [-0.39, 0.29) is 11.6 Å². The topological polar surface area (TPSA) is 54.9 Å². The fraction of sp³-hybridized carbons (Fsp3) is 0. The Morgan fingerprint density at radius 1 is 1.00 bits per heavy atom. The Morgan fingerprint density at radius 3 is 2.59 bits per heavy atom. The summed E-state index contributed by atoms with van der Waals surface area (Å²) in [5.74, 6) is -0.146. The molecule has 2 aromatic heterocycles. The number of rotatable bonds is 4. The Kier molecular flexibility index (Phi) is 3.87. The molecular formula is C17H12FN3O. The normalized spacial score (nSPS) is 10.2. The van der Waals surface area contributed by atoms with Crippen molar-refractivity contribution in [1.82, 2.24) is 9.97 Å². The first kappa shape index (κ1) is 13.9. The third-order valence-electron chi connectivity index (χ3n) is 3.08. The van der Waals surface area contributed by atoms with Crippen LogP contribution in [0.3, 0.4) is 0 Å². The van der Waals surface area contributed by atoms with E-state index in [9.17, 15) is 9.18 Å². The predicted molar refractivity (Wildman–Crippen MR) is 81.6 cm³/mol. The zero-order valence-electron chi connectivity index (χ0n) is 11.5. The molecule has 1 N–H and O–H groups in total. The fourth-order valence-corrected chi connectivity index (χ4v) is 2.05. The van der Waals surface area contributed by atoms with E-state index in [1.807, 2.05) is 0 Å². The van der Waals surface area contributed by atoms with Crippen molar-refractivity contribution in [3.63, 3.8) is 0 Å². The summed E-state index contributed by atoms with van der Waals surface area (Å²) < 4.78 is 13.3. The Bertz CT molecular complexity index is 806. The number of carbonyl (C=O) groups excluding carboxylic acids is 1. The van der Waals surface area contributed by atoms with Crippen molar-refractivity contribution in [3.8, 4) is 0 Å². The minimum Gasteiger partial charge on any atom is -0.340 e. The Labute approximate surface area is 126 Å². The summed E-state index contributed by atoms with van der Waals surface area (Å²) in [4.78, 5) is 20.6. The Morgan fingerprint density at radius 2 is 1.82 bits per heavy atom. The maximum Gasteiger partial charge on any atom is 0.196 e. The van der Waals surface area contributed by atoms with E-state index in [0.29, 0.717) is 22.6 Å². The van der Waals surface area contributed by atoms with Crippen LogP contribution in [0.15, 0.2) is 67.1 Å². The highest BCUT2D eigenvalue weighted by Gasteiger charge is 2.14. The molecular weight excluding hydrogens is 281 g/mol. The van der Waals surface area contributed by atoms with Crippen molar-refractivity contribution >= 4 is 17.3 Å². The van der Waals surface area contributed by atoms with Crippen LogP contribution in [0.1, 0.15) is 15.9 Å². The highest BCUT2D eigenvalue weighted by atomic mass is 19.1. The molecule has 0 aliphatic heterocycles. The fourth-order valence-electron chi connectivity index (χ4n) is 2.05.